The van der Waals surface area contributed by atoms with Gasteiger partial charge in [-0.15, -0.1) is 0 Å². The van der Waals surface area contributed by atoms with Crippen LogP contribution in [0.15, 0.2) is 6.20 Å². The molecule has 1 aromatic heterocycles. The van der Waals surface area contributed by atoms with Crippen LogP contribution in [0.25, 0.3) is 0 Å². The van der Waals surface area contributed by atoms with E-state index in [9.17, 15) is 4.79 Å². The molecule has 1 amide bonds. The maximum Gasteiger partial charge on any atom is 0.223 e. The van der Waals surface area contributed by atoms with Crippen molar-refractivity contribution >= 4 is 5.91 Å². The Hall–Kier alpha value is -1.49. The molecule has 0 aromatic carbocycles. The fourth-order valence-electron chi connectivity index (χ4n) is 3.18. The van der Waals surface area contributed by atoms with Gasteiger partial charge in [-0.2, -0.15) is 0 Å². The summed E-state index contributed by atoms with van der Waals surface area (Å²) < 4.78 is 0. The Morgan fingerprint density at radius 2 is 2.27 bits per heavy atom. The molecule has 5 heteroatoms. The quantitative estimate of drug-likeness (QED) is 0.910. The van der Waals surface area contributed by atoms with Crippen molar-refractivity contribution in [2.45, 2.75) is 59.0 Å². The first-order valence-corrected chi connectivity index (χ1v) is 8.28. The molecule has 2 aliphatic heterocycles. The highest BCUT2D eigenvalue weighted by molar-refractivity contribution is 5.77. The Bertz CT molecular complexity index is 558. The number of nitrogens with one attached hydrogen (secondary N) is 1. The third-order valence-corrected chi connectivity index (χ3v) is 4.36. The van der Waals surface area contributed by atoms with Crippen LogP contribution < -0.4 is 5.32 Å². The van der Waals surface area contributed by atoms with Crippen LogP contribution in [0.4, 0.5) is 0 Å². The summed E-state index contributed by atoms with van der Waals surface area (Å²) in [4.78, 5) is 23.6. The van der Waals surface area contributed by atoms with Gasteiger partial charge in [0.25, 0.3) is 0 Å². The molecule has 5 nitrogen and oxygen atoms in total. The molecule has 0 radical (unpaired) electrons. The molecule has 120 valence electrons. The summed E-state index contributed by atoms with van der Waals surface area (Å²) in [5.74, 6) is 1.16. The zero-order valence-corrected chi connectivity index (χ0v) is 13.9. The number of carbonyl (C=O) groups is 1. The van der Waals surface area contributed by atoms with Crippen molar-refractivity contribution in [3.8, 4) is 0 Å². The standard InChI is InChI=1S/C17H26N4O/c1-17(2,3)9-15(22)21-8-6-13-12(11-21)10-19-16(20-13)14-5-4-7-18-14/h10,14,18H,4-9,11H2,1-3H3/t14-/m0/s1. The smallest absolute Gasteiger partial charge is 0.223 e. The van der Waals surface area contributed by atoms with Crippen molar-refractivity contribution in [1.82, 2.24) is 20.2 Å². The molecule has 2 aliphatic rings. The van der Waals surface area contributed by atoms with Gasteiger partial charge < -0.3 is 10.2 Å². The van der Waals surface area contributed by atoms with Crippen molar-refractivity contribution in [2.75, 3.05) is 13.1 Å². The molecular formula is C17H26N4O. The van der Waals surface area contributed by atoms with Crippen LogP contribution in [0.3, 0.4) is 0 Å². The van der Waals surface area contributed by atoms with Crippen molar-refractivity contribution in [2.24, 2.45) is 5.41 Å². The van der Waals surface area contributed by atoms with E-state index in [0.29, 0.717) is 19.0 Å². The van der Waals surface area contributed by atoms with Gasteiger partial charge in [0.05, 0.1) is 11.7 Å². The molecule has 22 heavy (non-hydrogen) atoms. The summed E-state index contributed by atoms with van der Waals surface area (Å²) in [5, 5.41) is 3.44. The molecule has 1 saturated heterocycles. The zero-order valence-electron chi connectivity index (χ0n) is 13.9. The predicted octanol–water partition coefficient (Wildman–Crippen LogP) is 2.22. The minimum absolute atomic E-state index is 0.0336. The van der Waals surface area contributed by atoms with Gasteiger partial charge in [-0.1, -0.05) is 20.8 Å². The topological polar surface area (TPSA) is 58.1 Å². The molecule has 1 fully saturated rings. The maximum atomic E-state index is 12.4. The second kappa shape index (κ2) is 5.95. The lowest BCUT2D eigenvalue weighted by atomic mass is 9.91. The van der Waals surface area contributed by atoms with E-state index in [1.807, 2.05) is 11.1 Å². The van der Waals surface area contributed by atoms with Gasteiger partial charge in [0.1, 0.15) is 5.82 Å². The van der Waals surface area contributed by atoms with Crippen molar-refractivity contribution in [1.29, 1.82) is 0 Å². The maximum absolute atomic E-state index is 12.4. The van der Waals surface area contributed by atoms with Crippen LogP contribution in [0.5, 0.6) is 0 Å². The van der Waals surface area contributed by atoms with Crippen LogP contribution in [0.2, 0.25) is 0 Å². The minimum Gasteiger partial charge on any atom is -0.338 e. The molecule has 0 unspecified atom stereocenters. The van der Waals surface area contributed by atoms with Crippen LogP contribution >= 0.6 is 0 Å². The molecule has 0 bridgehead atoms. The number of carbonyl (C=O) groups excluding carboxylic acids is 1. The third-order valence-electron chi connectivity index (χ3n) is 4.36. The highest BCUT2D eigenvalue weighted by atomic mass is 16.2. The predicted molar refractivity (Wildman–Crippen MR) is 85.2 cm³/mol. The van der Waals surface area contributed by atoms with Gasteiger partial charge in [-0.3, -0.25) is 4.79 Å². The lowest BCUT2D eigenvalue weighted by molar-refractivity contribution is -0.134. The molecule has 3 rings (SSSR count). The highest BCUT2D eigenvalue weighted by Gasteiger charge is 2.27. The van der Waals surface area contributed by atoms with E-state index >= 15 is 0 Å². The normalized spacial score (nSPS) is 21.8. The van der Waals surface area contributed by atoms with E-state index in [1.165, 1.54) is 6.42 Å². The molecule has 1 N–H and O–H groups in total. The monoisotopic (exact) mass is 302 g/mol. The molecular weight excluding hydrogens is 276 g/mol. The van der Waals surface area contributed by atoms with Crippen molar-refractivity contribution in [3.63, 3.8) is 0 Å². The molecule has 0 spiro atoms. The van der Waals surface area contributed by atoms with E-state index in [-0.39, 0.29) is 11.3 Å². The summed E-state index contributed by atoms with van der Waals surface area (Å²) >= 11 is 0. The van der Waals surface area contributed by atoms with Crippen LogP contribution in [0, 0.1) is 5.41 Å². The SMILES string of the molecule is CC(C)(C)CC(=O)N1CCc2nc([C@@H]3CCCN3)ncc2C1. The van der Waals surface area contributed by atoms with E-state index in [2.05, 4.69) is 31.1 Å². The first kappa shape index (κ1) is 15.4. The zero-order chi connectivity index (χ0) is 15.7. The lowest BCUT2D eigenvalue weighted by Gasteiger charge is -2.30. The average Bonchev–Trinajstić information content (AvgIpc) is 2.98. The van der Waals surface area contributed by atoms with E-state index < -0.39 is 0 Å². The van der Waals surface area contributed by atoms with E-state index in [0.717, 1.165) is 43.0 Å². The number of aromatic nitrogens is 2. The number of hydrogen-bond acceptors (Lipinski definition) is 4. The third kappa shape index (κ3) is 3.46. The van der Waals surface area contributed by atoms with Crippen molar-refractivity contribution < 1.29 is 4.79 Å². The number of rotatable bonds is 2. The second-order valence-corrected chi connectivity index (χ2v) is 7.65. The van der Waals surface area contributed by atoms with Gasteiger partial charge in [0.2, 0.25) is 5.91 Å². The molecule has 1 aromatic rings. The van der Waals surface area contributed by atoms with Crippen molar-refractivity contribution in [3.05, 3.63) is 23.3 Å². The van der Waals surface area contributed by atoms with E-state index in [4.69, 9.17) is 4.98 Å². The average molecular weight is 302 g/mol. The largest absolute Gasteiger partial charge is 0.338 e. The Morgan fingerprint density at radius 3 is 2.95 bits per heavy atom. The molecule has 1 atom stereocenters. The summed E-state index contributed by atoms with van der Waals surface area (Å²) in [6.45, 7) is 8.80. The molecule has 3 heterocycles. The molecule has 0 saturated carbocycles. The van der Waals surface area contributed by atoms with Crippen LogP contribution in [0.1, 0.15) is 63.2 Å². The van der Waals surface area contributed by atoms with Crippen LogP contribution in [-0.4, -0.2) is 33.9 Å². The van der Waals surface area contributed by atoms with Crippen LogP contribution in [-0.2, 0) is 17.8 Å². The van der Waals surface area contributed by atoms with Gasteiger partial charge in [0.15, 0.2) is 0 Å². The van der Waals surface area contributed by atoms with E-state index in [1.54, 1.807) is 0 Å². The Kier molecular flexibility index (Phi) is 4.17. The summed E-state index contributed by atoms with van der Waals surface area (Å²) in [6, 6.07) is 0.311. The van der Waals surface area contributed by atoms with Gasteiger partial charge in [0, 0.05) is 37.7 Å². The van der Waals surface area contributed by atoms with Gasteiger partial charge in [-0.25, -0.2) is 9.97 Å². The fraction of sp³-hybridized carbons (Fsp3) is 0.706. The second-order valence-electron chi connectivity index (χ2n) is 7.65. The number of nitrogens with zero attached hydrogens (tertiary/aromatic N) is 3. The number of fused-ring (bicyclic) bond motifs is 1. The number of hydrogen-bond donors (Lipinski definition) is 1. The number of amides is 1. The summed E-state index contributed by atoms with van der Waals surface area (Å²) in [6.07, 6.45) is 5.67. The molecule has 0 aliphatic carbocycles. The van der Waals surface area contributed by atoms with Gasteiger partial charge >= 0.3 is 0 Å². The Balaban J connectivity index is 1.70. The Morgan fingerprint density at radius 1 is 1.45 bits per heavy atom. The first-order valence-electron chi connectivity index (χ1n) is 8.28. The summed E-state index contributed by atoms with van der Waals surface area (Å²) in [5.41, 5.74) is 2.26. The highest BCUT2D eigenvalue weighted by Crippen LogP contribution is 2.25. The van der Waals surface area contributed by atoms with Gasteiger partial charge in [-0.05, 0) is 24.8 Å². The lowest BCUT2D eigenvalue weighted by Crippen LogP contribution is -2.38. The summed E-state index contributed by atoms with van der Waals surface area (Å²) in [7, 11) is 0. The Labute approximate surface area is 132 Å². The minimum atomic E-state index is 0.0336. The fourth-order valence-corrected chi connectivity index (χ4v) is 3.18. The first-order chi connectivity index (χ1) is 10.4.